The van der Waals surface area contributed by atoms with E-state index in [-0.39, 0.29) is 32.2 Å². The van der Waals surface area contributed by atoms with Gasteiger partial charge >= 0.3 is 23.9 Å². The molecule has 0 bridgehead atoms. The SMILES string of the molecule is NC(CCC(=O)O)C(=O)NC(CCC(=O)O)C(=O)N1CCCC1C(=O)NC(CCC(=O)O)C(=O)O. The molecule has 0 aromatic heterocycles. The first-order valence-electron chi connectivity index (χ1n) is 10.9. The normalized spacial score (nSPS) is 17.6. The van der Waals surface area contributed by atoms with E-state index in [1.807, 2.05) is 0 Å². The summed E-state index contributed by atoms with van der Waals surface area (Å²) in [4.78, 5) is 83.1. The predicted molar refractivity (Wildman–Crippen MR) is 115 cm³/mol. The second-order valence-corrected chi connectivity index (χ2v) is 8.05. The summed E-state index contributed by atoms with van der Waals surface area (Å²) in [5, 5.41) is 40.3. The monoisotopic (exact) mass is 502 g/mol. The van der Waals surface area contributed by atoms with Crippen LogP contribution in [0.25, 0.3) is 0 Å². The third-order valence-electron chi connectivity index (χ3n) is 5.37. The van der Waals surface area contributed by atoms with Crippen molar-refractivity contribution in [1.29, 1.82) is 0 Å². The van der Waals surface area contributed by atoms with Crippen molar-refractivity contribution in [2.75, 3.05) is 6.54 Å². The maximum Gasteiger partial charge on any atom is 0.326 e. The smallest absolute Gasteiger partial charge is 0.326 e. The lowest BCUT2D eigenvalue weighted by molar-refractivity contribution is -0.146. The number of carbonyl (C=O) groups excluding carboxylic acids is 3. The topological polar surface area (TPSA) is 254 Å². The first kappa shape index (κ1) is 29.3. The largest absolute Gasteiger partial charge is 0.481 e. The first-order valence-corrected chi connectivity index (χ1v) is 10.9. The minimum Gasteiger partial charge on any atom is -0.481 e. The maximum atomic E-state index is 13.1. The summed E-state index contributed by atoms with van der Waals surface area (Å²) in [5.74, 6) is -7.59. The lowest BCUT2D eigenvalue weighted by atomic mass is 10.1. The Labute approximate surface area is 199 Å². The van der Waals surface area contributed by atoms with Crippen molar-refractivity contribution in [2.45, 2.75) is 75.5 Å². The zero-order chi connectivity index (χ0) is 26.7. The Kier molecular flexibility index (Phi) is 11.6. The van der Waals surface area contributed by atoms with Crippen molar-refractivity contribution in [1.82, 2.24) is 15.5 Å². The number of nitrogens with zero attached hydrogens (tertiary/aromatic N) is 1. The molecule has 1 fully saturated rings. The van der Waals surface area contributed by atoms with Gasteiger partial charge in [-0.3, -0.25) is 28.8 Å². The zero-order valence-corrected chi connectivity index (χ0v) is 18.8. The number of carboxylic acid groups (broad SMARTS) is 4. The van der Waals surface area contributed by atoms with Crippen molar-refractivity contribution in [3.8, 4) is 0 Å². The van der Waals surface area contributed by atoms with Crippen LogP contribution in [0, 0.1) is 0 Å². The molecule has 1 aliphatic heterocycles. The van der Waals surface area contributed by atoms with Gasteiger partial charge in [-0.15, -0.1) is 0 Å². The molecule has 0 aromatic rings. The summed E-state index contributed by atoms with van der Waals surface area (Å²) in [6.45, 7) is 0.0777. The van der Waals surface area contributed by atoms with Crippen molar-refractivity contribution < 1.29 is 54.0 Å². The lowest BCUT2D eigenvalue weighted by Gasteiger charge is -2.29. The molecule has 4 atom stereocenters. The van der Waals surface area contributed by atoms with Crippen LogP contribution in [0.2, 0.25) is 0 Å². The van der Waals surface area contributed by atoms with E-state index >= 15 is 0 Å². The van der Waals surface area contributed by atoms with E-state index in [2.05, 4.69) is 10.6 Å². The number of rotatable bonds is 15. The minimum absolute atomic E-state index is 0.0777. The van der Waals surface area contributed by atoms with Gasteiger partial charge in [0.2, 0.25) is 17.7 Å². The van der Waals surface area contributed by atoms with Crippen LogP contribution in [0.5, 0.6) is 0 Å². The number of hydrogen-bond donors (Lipinski definition) is 7. The Hall–Kier alpha value is -3.75. The van der Waals surface area contributed by atoms with E-state index in [4.69, 9.17) is 21.1 Å². The molecule has 15 heteroatoms. The van der Waals surface area contributed by atoms with Crippen molar-refractivity contribution >= 4 is 41.6 Å². The third kappa shape index (κ3) is 9.95. The highest BCUT2D eigenvalue weighted by atomic mass is 16.4. The predicted octanol–water partition coefficient (Wildman–Crippen LogP) is -2.05. The lowest BCUT2D eigenvalue weighted by Crippen LogP contribution is -2.56. The van der Waals surface area contributed by atoms with E-state index in [1.54, 1.807) is 0 Å². The summed E-state index contributed by atoms with van der Waals surface area (Å²) in [6.07, 6.45) is -1.78. The van der Waals surface area contributed by atoms with E-state index < -0.39 is 85.0 Å². The second-order valence-electron chi connectivity index (χ2n) is 8.05. The van der Waals surface area contributed by atoms with Crippen molar-refractivity contribution in [3.63, 3.8) is 0 Å². The fourth-order valence-electron chi connectivity index (χ4n) is 3.51. The number of amides is 3. The molecule has 0 spiro atoms. The first-order chi connectivity index (χ1) is 16.3. The van der Waals surface area contributed by atoms with Crippen LogP contribution in [0.1, 0.15) is 51.4 Å². The van der Waals surface area contributed by atoms with Crippen LogP contribution in [0.15, 0.2) is 0 Å². The van der Waals surface area contributed by atoms with Gasteiger partial charge in [0.15, 0.2) is 0 Å². The van der Waals surface area contributed by atoms with E-state index in [1.165, 1.54) is 0 Å². The average Bonchev–Trinajstić information content (AvgIpc) is 3.26. The van der Waals surface area contributed by atoms with Crippen LogP contribution >= 0.6 is 0 Å². The molecular formula is C20H30N4O11. The molecule has 3 amide bonds. The number of carboxylic acids is 4. The number of nitrogens with two attached hydrogens (primary N) is 1. The number of likely N-dealkylation sites (tertiary alicyclic amines) is 1. The molecular weight excluding hydrogens is 472 g/mol. The third-order valence-corrected chi connectivity index (χ3v) is 5.37. The van der Waals surface area contributed by atoms with Gasteiger partial charge in [-0.1, -0.05) is 0 Å². The standard InChI is InChI=1S/C20H30N4O11/c21-10(3-6-14(25)26)17(31)22-11(4-7-15(27)28)19(33)24-9-1-2-13(24)18(32)23-12(20(34)35)5-8-16(29)30/h10-13H,1-9,21H2,(H,22,31)(H,23,32)(H,25,26)(H,27,28)(H,29,30)(H,34,35). The zero-order valence-electron chi connectivity index (χ0n) is 18.8. The van der Waals surface area contributed by atoms with Crippen LogP contribution in [-0.2, 0) is 33.6 Å². The molecule has 1 saturated heterocycles. The quantitative estimate of drug-likeness (QED) is 0.128. The molecule has 1 aliphatic rings. The fraction of sp³-hybridized carbons (Fsp3) is 0.650. The second kappa shape index (κ2) is 13.8. The van der Waals surface area contributed by atoms with Crippen LogP contribution in [-0.4, -0.2) is 97.6 Å². The fourth-order valence-corrected chi connectivity index (χ4v) is 3.51. The van der Waals surface area contributed by atoms with Gasteiger partial charge in [0.1, 0.15) is 18.1 Å². The minimum atomic E-state index is -1.49. The van der Waals surface area contributed by atoms with Gasteiger partial charge in [0.05, 0.1) is 6.04 Å². The number of carbonyl (C=O) groups is 7. The molecule has 0 aliphatic carbocycles. The van der Waals surface area contributed by atoms with Gasteiger partial charge in [-0.05, 0) is 32.1 Å². The van der Waals surface area contributed by atoms with Crippen molar-refractivity contribution in [3.05, 3.63) is 0 Å². The summed E-state index contributed by atoms with van der Waals surface area (Å²) in [7, 11) is 0. The Bertz CT molecular complexity index is 847. The maximum absolute atomic E-state index is 13.1. The summed E-state index contributed by atoms with van der Waals surface area (Å²) in [6, 6.07) is -5.25. The molecule has 8 N–H and O–H groups in total. The highest BCUT2D eigenvalue weighted by Gasteiger charge is 2.39. The molecule has 1 rings (SSSR count). The van der Waals surface area contributed by atoms with Gasteiger partial charge in [-0.2, -0.15) is 0 Å². The van der Waals surface area contributed by atoms with E-state index in [0.717, 1.165) is 4.90 Å². The van der Waals surface area contributed by atoms with E-state index in [0.29, 0.717) is 6.42 Å². The Balaban J connectivity index is 2.95. The van der Waals surface area contributed by atoms with Crippen LogP contribution < -0.4 is 16.4 Å². The summed E-state index contributed by atoms with van der Waals surface area (Å²) < 4.78 is 0. The molecule has 196 valence electrons. The van der Waals surface area contributed by atoms with Crippen LogP contribution in [0.4, 0.5) is 0 Å². The van der Waals surface area contributed by atoms with Gasteiger partial charge in [0, 0.05) is 25.8 Å². The highest BCUT2D eigenvalue weighted by Crippen LogP contribution is 2.20. The average molecular weight is 502 g/mol. The van der Waals surface area contributed by atoms with E-state index in [9.17, 15) is 38.7 Å². The molecule has 0 radical (unpaired) electrons. The number of hydrogen-bond acceptors (Lipinski definition) is 8. The van der Waals surface area contributed by atoms with Crippen molar-refractivity contribution in [2.24, 2.45) is 5.73 Å². The Morgan fingerprint density at radius 1 is 0.800 bits per heavy atom. The molecule has 4 unspecified atom stereocenters. The molecule has 35 heavy (non-hydrogen) atoms. The number of aliphatic carboxylic acids is 4. The highest BCUT2D eigenvalue weighted by molar-refractivity contribution is 5.94. The summed E-state index contributed by atoms with van der Waals surface area (Å²) >= 11 is 0. The molecule has 15 nitrogen and oxygen atoms in total. The Morgan fingerprint density at radius 2 is 1.31 bits per heavy atom. The molecule has 0 saturated carbocycles. The molecule has 0 aromatic carbocycles. The number of nitrogens with one attached hydrogen (secondary N) is 2. The summed E-state index contributed by atoms with van der Waals surface area (Å²) in [5.41, 5.74) is 5.65. The van der Waals surface area contributed by atoms with Gasteiger partial charge in [0.25, 0.3) is 0 Å². The Morgan fingerprint density at radius 3 is 1.83 bits per heavy atom. The van der Waals surface area contributed by atoms with Gasteiger partial charge in [-0.25, -0.2) is 4.79 Å². The van der Waals surface area contributed by atoms with Gasteiger partial charge < -0.3 is 41.7 Å². The molecule has 1 heterocycles. The van der Waals surface area contributed by atoms with Crippen LogP contribution in [0.3, 0.4) is 0 Å².